The van der Waals surface area contributed by atoms with E-state index in [9.17, 15) is 19.5 Å². The number of aliphatic hydroxyl groups excluding tert-OH is 1. The van der Waals surface area contributed by atoms with Crippen LogP contribution in [0.3, 0.4) is 0 Å². The average Bonchev–Trinajstić information content (AvgIpc) is 3.18. The number of hydrogen-bond acceptors (Lipinski definition) is 8. The first-order valence-corrected chi connectivity index (χ1v) is 10.4. The fourth-order valence-corrected chi connectivity index (χ4v) is 4.00. The number of carbonyl (C=O) groups excluding carboxylic acids is 3. The van der Waals surface area contributed by atoms with E-state index in [2.05, 4.69) is 15.8 Å². The Hall–Kier alpha value is -3.96. The van der Waals surface area contributed by atoms with Crippen molar-refractivity contribution in [2.45, 2.75) is 25.0 Å². The van der Waals surface area contributed by atoms with Crippen LogP contribution in [0.1, 0.15) is 12.0 Å². The number of fused-ring (bicyclic) bond motifs is 2. The summed E-state index contributed by atoms with van der Waals surface area (Å²) in [5, 5.41) is 20.2. The summed E-state index contributed by atoms with van der Waals surface area (Å²) in [6.07, 6.45) is -2.07. The SMILES string of the molecule is Nc1noc2cc(NC(=O)[C@H](O)[C@H]3OCCN(c4ccc5c(c4)NC(=O)CC5)C3=O)ccc12. The maximum atomic E-state index is 13.1. The van der Waals surface area contributed by atoms with Gasteiger partial charge in [0.2, 0.25) is 5.91 Å². The summed E-state index contributed by atoms with van der Waals surface area (Å²) in [7, 11) is 0. The van der Waals surface area contributed by atoms with E-state index in [4.69, 9.17) is 15.0 Å². The minimum Gasteiger partial charge on any atom is -0.380 e. The van der Waals surface area contributed by atoms with Crippen LogP contribution in [-0.2, 0) is 25.5 Å². The average molecular weight is 451 g/mol. The molecule has 2 atom stereocenters. The zero-order chi connectivity index (χ0) is 23.1. The minimum absolute atomic E-state index is 0.0795. The number of aliphatic hydroxyl groups is 1. The van der Waals surface area contributed by atoms with E-state index < -0.39 is 24.0 Å². The third-order valence-corrected chi connectivity index (χ3v) is 5.75. The molecule has 2 aromatic carbocycles. The molecule has 1 aromatic heterocycles. The summed E-state index contributed by atoms with van der Waals surface area (Å²) in [6.45, 7) is 0.382. The van der Waals surface area contributed by atoms with Gasteiger partial charge in [-0.1, -0.05) is 11.2 Å². The van der Waals surface area contributed by atoms with E-state index in [1.54, 1.807) is 24.3 Å². The molecule has 2 aliphatic heterocycles. The maximum Gasteiger partial charge on any atom is 0.259 e. The van der Waals surface area contributed by atoms with Crippen LogP contribution in [0.15, 0.2) is 40.9 Å². The van der Waals surface area contributed by atoms with Crippen LogP contribution in [0.4, 0.5) is 22.9 Å². The summed E-state index contributed by atoms with van der Waals surface area (Å²) in [5.74, 6) is -1.21. The first-order valence-electron chi connectivity index (χ1n) is 10.4. The molecule has 0 aliphatic carbocycles. The molecule has 0 unspecified atom stereocenters. The van der Waals surface area contributed by atoms with E-state index >= 15 is 0 Å². The number of carbonyl (C=O) groups is 3. The lowest BCUT2D eigenvalue weighted by Gasteiger charge is -2.34. The number of amides is 3. The molecule has 11 heteroatoms. The molecule has 33 heavy (non-hydrogen) atoms. The highest BCUT2D eigenvalue weighted by atomic mass is 16.5. The maximum absolute atomic E-state index is 13.1. The molecule has 1 saturated heterocycles. The minimum atomic E-state index is -1.74. The summed E-state index contributed by atoms with van der Waals surface area (Å²) in [4.78, 5) is 38.9. The number of nitrogen functional groups attached to an aromatic ring is 1. The smallest absolute Gasteiger partial charge is 0.259 e. The number of nitrogens with one attached hydrogen (secondary N) is 2. The van der Waals surface area contributed by atoms with Crippen LogP contribution >= 0.6 is 0 Å². The fraction of sp³-hybridized carbons (Fsp3) is 0.273. The Morgan fingerprint density at radius 1 is 1.24 bits per heavy atom. The Labute approximate surface area is 187 Å². The van der Waals surface area contributed by atoms with Crippen molar-refractivity contribution in [1.29, 1.82) is 0 Å². The van der Waals surface area contributed by atoms with Gasteiger partial charge in [-0.05, 0) is 36.2 Å². The summed E-state index contributed by atoms with van der Waals surface area (Å²) in [5.41, 5.74) is 8.59. The highest BCUT2D eigenvalue weighted by Gasteiger charge is 2.39. The van der Waals surface area contributed by atoms with Crippen molar-refractivity contribution in [1.82, 2.24) is 5.16 Å². The van der Waals surface area contributed by atoms with Crippen molar-refractivity contribution >= 4 is 51.6 Å². The first kappa shape index (κ1) is 20.9. The molecule has 0 saturated carbocycles. The van der Waals surface area contributed by atoms with Crippen molar-refractivity contribution in [3.05, 3.63) is 42.0 Å². The second-order valence-corrected chi connectivity index (χ2v) is 7.88. The van der Waals surface area contributed by atoms with Crippen molar-refractivity contribution in [2.24, 2.45) is 0 Å². The molecule has 5 rings (SSSR count). The van der Waals surface area contributed by atoms with Gasteiger partial charge < -0.3 is 35.6 Å². The van der Waals surface area contributed by atoms with E-state index in [1.807, 2.05) is 6.07 Å². The third-order valence-electron chi connectivity index (χ3n) is 5.75. The molecule has 170 valence electrons. The largest absolute Gasteiger partial charge is 0.380 e. The number of morpholine rings is 1. The van der Waals surface area contributed by atoms with Crippen LogP contribution in [0.2, 0.25) is 0 Å². The number of nitrogens with two attached hydrogens (primary N) is 1. The molecule has 5 N–H and O–H groups in total. The molecular formula is C22H21N5O6. The lowest BCUT2D eigenvalue weighted by Crippen LogP contribution is -2.55. The zero-order valence-electron chi connectivity index (χ0n) is 17.4. The molecule has 2 aliphatic rings. The van der Waals surface area contributed by atoms with E-state index in [-0.39, 0.29) is 24.9 Å². The van der Waals surface area contributed by atoms with Gasteiger partial charge in [0.15, 0.2) is 23.6 Å². The number of nitrogens with zero attached hydrogens (tertiary/aromatic N) is 2. The number of rotatable bonds is 4. The van der Waals surface area contributed by atoms with Crippen LogP contribution in [0.5, 0.6) is 0 Å². The van der Waals surface area contributed by atoms with Crippen LogP contribution in [0, 0.1) is 0 Å². The van der Waals surface area contributed by atoms with Crippen LogP contribution in [-0.4, -0.2) is 53.3 Å². The predicted molar refractivity (Wildman–Crippen MR) is 119 cm³/mol. The zero-order valence-corrected chi connectivity index (χ0v) is 17.4. The number of hydrogen-bond donors (Lipinski definition) is 4. The van der Waals surface area contributed by atoms with Gasteiger partial charge in [-0.25, -0.2) is 0 Å². The van der Waals surface area contributed by atoms with E-state index in [0.29, 0.717) is 40.9 Å². The quantitative estimate of drug-likeness (QED) is 0.457. The van der Waals surface area contributed by atoms with Crippen molar-refractivity contribution < 1.29 is 28.8 Å². The number of aromatic nitrogens is 1. The molecule has 3 aromatic rings. The van der Waals surface area contributed by atoms with Gasteiger partial charge >= 0.3 is 0 Å². The summed E-state index contributed by atoms with van der Waals surface area (Å²) >= 11 is 0. The fourth-order valence-electron chi connectivity index (χ4n) is 4.00. The molecular weight excluding hydrogens is 430 g/mol. The normalized spacial score (nSPS) is 19.2. The molecule has 3 amide bonds. The van der Waals surface area contributed by atoms with Gasteiger partial charge in [0.05, 0.1) is 12.0 Å². The van der Waals surface area contributed by atoms with Gasteiger partial charge in [-0.3, -0.25) is 14.4 Å². The molecule has 1 fully saturated rings. The van der Waals surface area contributed by atoms with Crippen LogP contribution < -0.4 is 21.3 Å². The first-order chi connectivity index (χ1) is 15.9. The van der Waals surface area contributed by atoms with Gasteiger partial charge in [0.1, 0.15) is 0 Å². The Kier molecular flexibility index (Phi) is 5.19. The van der Waals surface area contributed by atoms with Crippen molar-refractivity contribution in [2.75, 3.05) is 34.4 Å². The van der Waals surface area contributed by atoms with Crippen molar-refractivity contribution in [3.63, 3.8) is 0 Å². The van der Waals surface area contributed by atoms with Gasteiger partial charge in [0, 0.05) is 36.1 Å². The number of ether oxygens (including phenoxy) is 1. The van der Waals surface area contributed by atoms with Gasteiger partial charge in [-0.2, -0.15) is 0 Å². The highest BCUT2D eigenvalue weighted by molar-refractivity contribution is 6.05. The Balaban J connectivity index is 1.31. The van der Waals surface area contributed by atoms with Crippen molar-refractivity contribution in [3.8, 4) is 0 Å². The van der Waals surface area contributed by atoms with Crippen LogP contribution in [0.25, 0.3) is 11.0 Å². The molecule has 3 heterocycles. The Morgan fingerprint density at radius 2 is 2.09 bits per heavy atom. The van der Waals surface area contributed by atoms with E-state index in [0.717, 1.165) is 5.56 Å². The predicted octanol–water partition coefficient (Wildman–Crippen LogP) is 1.03. The molecule has 0 radical (unpaired) electrons. The summed E-state index contributed by atoms with van der Waals surface area (Å²) in [6, 6.07) is 10.1. The van der Waals surface area contributed by atoms with Gasteiger partial charge in [-0.15, -0.1) is 0 Å². The third kappa shape index (κ3) is 3.88. The number of anilines is 4. The molecule has 11 nitrogen and oxygen atoms in total. The lowest BCUT2D eigenvalue weighted by molar-refractivity contribution is -0.150. The second kappa shape index (κ2) is 8.19. The van der Waals surface area contributed by atoms with E-state index in [1.165, 1.54) is 11.0 Å². The topological polar surface area (TPSA) is 160 Å². The van der Waals surface area contributed by atoms with Gasteiger partial charge in [0.25, 0.3) is 11.8 Å². The highest BCUT2D eigenvalue weighted by Crippen LogP contribution is 2.30. The number of aryl methyl sites for hydroxylation is 1. The monoisotopic (exact) mass is 451 g/mol. The second-order valence-electron chi connectivity index (χ2n) is 7.88. The standard InChI is InChI=1S/C22H21N5O6/c23-20-14-5-3-12(9-16(14)33-26-20)24-21(30)18(29)19-22(31)27(7-8-32-19)13-4-1-11-2-6-17(28)25-15(11)10-13/h1,3-5,9-10,18-19,29H,2,6-8H2,(H2,23,26)(H,24,30)(H,25,28)/t18-,19-/m1/s1. The molecule has 0 spiro atoms. The number of benzene rings is 2. The lowest BCUT2D eigenvalue weighted by atomic mass is 10.0. The Morgan fingerprint density at radius 3 is 2.94 bits per heavy atom. The summed E-state index contributed by atoms with van der Waals surface area (Å²) < 4.78 is 10.5. The Bertz CT molecular complexity index is 1270. The molecule has 0 bridgehead atoms.